The highest BCUT2D eigenvalue weighted by Gasteiger charge is 2.34. The molecule has 0 bridgehead atoms. The van der Waals surface area contributed by atoms with Crippen LogP contribution in [0.2, 0.25) is 0 Å². The zero-order valence-electron chi connectivity index (χ0n) is 14.8. The number of allylic oxidation sites excluding steroid dienone is 8. The molecule has 1 aliphatic carbocycles. The maximum atomic E-state index is 11.9. The minimum absolute atomic E-state index is 0.0130. The molecule has 0 aromatic rings. The fourth-order valence-electron chi connectivity index (χ4n) is 2.67. The van der Waals surface area contributed by atoms with Crippen LogP contribution >= 0.6 is 0 Å². The first-order chi connectivity index (χ1) is 11.2. The molecular formula is C20H26O4. The summed E-state index contributed by atoms with van der Waals surface area (Å²) in [7, 11) is 0. The molecule has 0 spiro atoms. The van der Waals surface area contributed by atoms with E-state index >= 15 is 0 Å². The summed E-state index contributed by atoms with van der Waals surface area (Å²) >= 11 is 0. The van der Waals surface area contributed by atoms with Gasteiger partial charge in [-0.2, -0.15) is 0 Å². The second kappa shape index (κ2) is 8.60. The number of Topliss-reactive ketones (excluding diaryl/α,β-unsaturated/α-hetero) is 1. The van der Waals surface area contributed by atoms with Gasteiger partial charge in [0.1, 0.15) is 0 Å². The van der Waals surface area contributed by atoms with E-state index in [0.29, 0.717) is 18.4 Å². The number of carboxylic acids is 1. The lowest BCUT2D eigenvalue weighted by Crippen LogP contribution is -2.30. The Kier molecular flexibility index (Phi) is 7.11. The Hall–Kier alpha value is -2.20. The van der Waals surface area contributed by atoms with Crippen LogP contribution in [-0.4, -0.2) is 28.6 Å². The van der Waals surface area contributed by atoms with Crippen molar-refractivity contribution in [1.29, 1.82) is 0 Å². The third-order valence-electron chi connectivity index (χ3n) is 4.31. The Morgan fingerprint density at radius 2 is 1.92 bits per heavy atom. The Morgan fingerprint density at radius 3 is 2.50 bits per heavy atom. The van der Waals surface area contributed by atoms with E-state index in [1.165, 1.54) is 0 Å². The Morgan fingerprint density at radius 1 is 1.25 bits per heavy atom. The van der Waals surface area contributed by atoms with Crippen molar-refractivity contribution in [2.75, 3.05) is 6.61 Å². The predicted octanol–water partition coefficient (Wildman–Crippen LogP) is 3.75. The fourth-order valence-corrected chi connectivity index (χ4v) is 2.67. The van der Waals surface area contributed by atoms with Gasteiger partial charge in [0, 0.05) is 17.9 Å². The third kappa shape index (κ3) is 5.46. The Bertz CT molecular complexity index is 659. The number of carbonyl (C=O) groups excluding carboxylic acids is 1. The molecular weight excluding hydrogens is 304 g/mol. The highest BCUT2D eigenvalue weighted by Crippen LogP contribution is 2.39. The predicted molar refractivity (Wildman–Crippen MR) is 95.6 cm³/mol. The lowest BCUT2D eigenvalue weighted by Gasteiger charge is -2.34. The third-order valence-corrected chi connectivity index (χ3v) is 4.31. The fraction of sp³-hybridized carbons (Fsp3) is 0.400. The molecule has 0 aliphatic heterocycles. The van der Waals surface area contributed by atoms with Gasteiger partial charge in [0.25, 0.3) is 0 Å². The van der Waals surface area contributed by atoms with Crippen LogP contribution in [0.5, 0.6) is 0 Å². The monoisotopic (exact) mass is 330 g/mol. The van der Waals surface area contributed by atoms with Crippen molar-refractivity contribution < 1.29 is 19.8 Å². The summed E-state index contributed by atoms with van der Waals surface area (Å²) in [4.78, 5) is 22.5. The SMILES string of the molecule is CC1=C(/C=C/C(C)=C/C=C/C(C)=C/C(=O)O)C(C)(CO)CCC1=O. The van der Waals surface area contributed by atoms with Crippen LogP contribution < -0.4 is 0 Å². The first kappa shape index (κ1) is 19.8. The van der Waals surface area contributed by atoms with E-state index in [1.54, 1.807) is 19.1 Å². The first-order valence-electron chi connectivity index (χ1n) is 7.99. The molecule has 24 heavy (non-hydrogen) atoms. The van der Waals surface area contributed by atoms with E-state index in [9.17, 15) is 14.7 Å². The van der Waals surface area contributed by atoms with Crippen molar-refractivity contribution in [3.8, 4) is 0 Å². The van der Waals surface area contributed by atoms with E-state index in [4.69, 9.17) is 5.11 Å². The largest absolute Gasteiger partial charge is 0.478 e. The zero-order chi connectivity index (χ0) is 18.3. The van der Waals surface area contributed by atoms with Gasteiger partial charge in [-0.1, -0.05) is 42.9 Å². The van der Waals surface area contributed by atoms with Gasteiger partial charge in [-0.05, 0) is 43.9 Å². The van der Waals surface area contributed by atoms with Gasteiger partial charge in [0.2, 0.25) is 0 Å². The molecule has 0 radical (unpaired) electrons. The second-order valence-electron chi connectivity index (χ2n) is 6.51. The van der Waals surface area contributed by atoms with Crippen molar-refractivity contribution in [3.63, 3.8) is 0 Å². The van der Waals surface area contributed by atoms with Gasteiger partial charge in [-0.3, -0.25) is 4.79 Å². The summed E-state index contributed by atoms with van der Waals surface area (Å²) in [6, 6.07) is 0. The van der Waals surface area contributed by atoms with Gasteiger partial charge >= 0.3 is 5.97 Å². The van der Waals surface area contributed by atoms with E-state index in [0.717, 1.165) is 22.8 Å². The van der Waals surface area contributed by atoms with Gasteiger partial charge in [-0.25, -0.2) is 4.79 Å². The number of aliphatic hydroxyl groups excluding tert-OH is 1. The number of ketones is 1. The van der Waals surface area contributed by atoms with Crippen LogP contribution in [0.25, 0.3) is 0 Å². The molecule has 0 saturated heterocycles. The van der Waals surface area contributed by atoms with Crippen LogP contribution in [0, 0.1) is 5.41 Å². The van der Waals surface area contributed by atoms with Gasteiger partial charge in [0.15, 0.2) is 5.78 Å². The molecule has 1 rings (SSSR count). The lowest BCUT2D eigenvalue weighted by atomic mass is 9.71. The van der Waals surface area contributed by atoms with E-state index < -0.39 is 5.97 Å². The molecule has 2 N–H and O–H groups in total. The molecule has 4 nitrogen and oxygen atoms in total. The van der Waals surface area contributed by atoms with Crippen molar-refractivity contribution in [2.24, 2.45) is 5.41 Å². The van der Waals surface area contributed by atoms with Crippen LogP contribution in [0.1, 0.15) is 40.5 Å². The Labute approximate surface area is 143 Å². The standard InChI is InChI=1S/C20H26O4/c1-14(6-5-7-15(2)12-19(23)24)8-9-17-16(3)18(22)10-11-20(17,4)13-21/h5-9,12,21H,10-11,13H2,1-4H3,(H,23,24)/b7-5+,9-8+,14-6+,15-12+. The number of aliphatic carboxylic acids is 1. The van der Waals surface area contributed by atoms with Crippen LogP contribution in [0.4, 0.5) is 0 Å². The van der Waals surface area contributed by atoms with Crippen molar-refractivity contribution in [2.45, 2.75) is 40.5 Å². The number of carbonyl (C=O) groups is 2. The maximum Gasteiger partial charge on any atom is 0.328 e. The van der Waals surface area contributed by atoms with Crippen LogP contribution in [0.15, 0.2) is 58.7 Å². The summed E-state index contributed by atoms with van der Waals surface area (Å²) in [6.07, 6.45) is 11.5. The van der Waals surface area contributed by atoms with Gasteiger partial charge in [-0.15, -0.1) is 0 Å². The smallest absolute Gasteiger partial charge is 0.328 e. The molecule has 0 aromatic carbocycles. The van der Waals surface area contributed by atoms with Crippen LogP contribution in [0.3, 0.4) is 0 Å². The molecule has 1 atom stereocenters. The van der Waals surface area contributed by atoms with Crippen LogP contribution in [-0.2, 0) is 9.59 Å². The van der Waals surface area contributed by atoms with Gasteiger partial charge in [0.05, 0.1) is 6.61 Å². The molecule has 0 aromatic heterocycles. The average Bonchev–Trinajstić information content (AvgIpc) is 2.50. The minimum Gasteiger partial charge on any atom is -0.478 e. The molecule has 0 fully saturated rings. The number of rotatable bonds is 6. The number of carboxylic acid groups (broad SMARTS) is 1. The van der Waals surface area contributed by atoms with E-state index in [2.05, 4.69) is 0 Å². The summed E-state index contributed by atoms with van der Waals surface area (Å²) in [6.45, 7) is 7.45. The zero-order valence-corrected chi connectivity index (χ0v) is 14.8. The summed E-state index contributed by atoms with van der Waals surface area (Å²) in [5.41, 5.74) is 2.84. The number of hydrogen-bond acceptors (Lipinski definition) is 3. The topological polar surface area (TPSA) is 74.6 Å². The van der Waals surface area contributed by atoms with Crippen molar-refractivity contribution >= 4 is 11.8 Å². The normalized spacial score (nSPS) is 23.6. The maximum absolute atomic E-state index is 11.9. The molecule has 1 unspecified atom stereocenters. The van der Waals surface area contributed by atoms with E-state index in [-0.39, 0.29) is 17.8 Å². The molecule has 130 valence electrons. The second-order valence-corrected chi connectivity index (χ2v) is 6.51. The summed E-state index contributed by atoms with van der Waals surface area (Å²) in [5, 5.41) is 18.4. The lowest BCUT2D eigenvalue weighted by molar-refractivity contribution is -0.131. The minimum atomic E-state index is -0.967. The summed E-state index contributed by atoms with van der Waals surface area (Å²) < 4.78 is 0. The molecule has 0 heterocycles. The highest BCUT2D eigenvalue weighted by molar-refractivity contribution is 5.97. The Balaban J connectivity index is 2.95. The molecule has 0 amide bonds. The van der Waals surface area contributed by atoms with E-state index in [1.807, 2.05) is 39.0 Å². The molecule has 4 heteroatoms. The first-order valence-corrected chi connectivity index (χ1v) is 7.99. The average molecular weight is 330 g/mol. The van der Waals surface area contributed by atoms with Crippen molar-refractivity contribution in [3.05, 3.63) is 58.7 Å². The molecule has 1 aliphatic rings. The molecule has 0 saturated carbocycles. The van der Waals surface area contributed by atoms with Gasteiger partial charge < -0.3 is 10.2 Å². The number of hydrogen-bond donors (Lipinski definition) is 2. The number of aliphatic hydroxyl groups is 1. The quantitative estimate of drug-likeness (QED) is 0.574. The van der Waals surface area contributed by atoms with Crippen molar-refractivity contribution in [1.82, 2.24) is 0 Å². The highest BCUT2D eigenvalue weighted by atomic mass is 16.4. The summed E-state index contributed by atoms with van der Waals surface area (Å²) in [5.74, 6) is -0.832.